The minimum atomic E-state index is -0.559. The first-order chi connectivity index (χ1) is 13.4. The number of piperidine rings is 1. The lowest BCUT2D eigenvalue weighted by Crippen LogP contribution is -2.44. The average molecular weight is 403 g/mol. The molecule has 7 heteroatoms. The largest absolute Gasteiger partial charge is 0.486 e. The van der Waals surface area contributed by atoms with Gasteiger partial charge in [0.15, 0.2) is 6.61 Å². The lowest BCUT2D eigenvalue weighted by Gasteiger charge is -2.34. The number of rotatable bonds is 6. The molecule has 28 heavy (non-hydrogen) atoms. The quantitative estimate of drug-likeness (QED) is 0.689. The molecule has 1 aromatic heterocycles. The van der Waals surface area contributed by atoms with Gasteiger partial charge in [0.05, 0.1) is 10.7 Å². The Labute approximate surface area is 169 Å². The van der Waals surface area contributed by atoms with Crippen molar-refractivity contribution < 1.29 is 19.1 Å². The van der Waals surface area contributed by atoms with Gasteiger partial charge in [-0.25, -0.2) is 9.78 Å². The first kappa shape index (κ1) is 20.3. The highest BCUT2D eigenvalue weighted by atomic mass is 32.1. The number of carbonyl (C=O) groups is 2. The van der Waals surface area contributed by atoms with E-state index in [0.717, 1.165) is 17.1 Å². The van der Waals surface area contributed by atoms with Gasteiger partial charge in [0.1, 0.15) is 17.9 Å². The third-order valence-corrected chi connectivity index (χ3v) is 5.52. The zero-order valence-corrected chi connectivity index (χ0v) is 17.3. The number of aryl methyl sites for hydroxylation is 1. The molecule has 0 spiro atoms. The number of para-hydroxylation sites is 1. The first-order valence-electron chi connectivity index (χ1n) is 9.50. The van der Waals surface area contributed by atoms with Crippen molar-refractivity contribution in [2.75, 3.05) is 19.7 Å². The van der Waals surface area contributed by atoms with Crippen LogP contribution in [0.15, 0.2) is 29.6 Å². The standard InChI is InChI=1S/C21H26N2O4S/c1-14-8-15(2)10-23(9-14)20(24)12-27-21(25)18-6-4-5-7-19(18)26-11-17-13-28-16(3)22-17/h4-7,13-15H,8-12H2,1-3H3/t14-,15+. The summed E-state index contributed by atoms with van der Waals surface area (Å²) in [4.78, 5) is 31.1. The topological polar surface area (TPSA) is 68.7 Å². The molecular formula is C21H26N2O4S. The summed E-state index contributed by atoms with van der Waals surface area (Å²) in [5.74, 6) is 0.643. The number of amides is 1. The second-order valence-electron chi connectivity index (χ2n) is 7.46. The minimum absolute atomic E-state index is 0.150. The summed E-state index contributed by atoms with van der Waals surface area (Å²) in [6, 6.07) is 6.89. The van der Waals surface area contributed by atoms with Gasteiger partial charge >= 0.3 is 5.97 Å². The predicted molar refractivity (Wildman–Crippen MR) is 107 cm³/mol. The number of carbonyl (C=O) groups excluding carboxylic acids is 2. The molecule has 1 amide bonds. The Bertz CT molecular complexity index is 825. The van der Waals surface area contributed by atoms with Gasteiger partial charge in [-0.1, -0.05) is 26.0 Å². The number of aromatic nitrogens is 1. The number of hydrogen-bond acceptors (Lipinski definition) is 6. The van der Waals surface area contributed by atoms with Crippen molar-refractivity contribution in [2.24, 2.45) is 11.8 Å². The van der Waals surface area contributed by atoms with Crippen LogP contribution in [0.3, 0.4) is 0 Å². The Morgan fingerprint density at radius 2 is 1.93 bits per heavy atom. The molecular weight excluding hydrogens is 376 g/mol. The van der Waals surface area contributed by atoms with Gasteiger partial charge in [0.2, 0.25) is 0 Å². The Hall–Kier alpha value is -2.41. The Kier molecular flexibility index (Phi) is 6.67. The van der Waals surface area contributed by atoms with Crippen molar-refractivity contribution in [3.8, 4) is 5.75 Å². The van der Waals surface area contributed by atoms with Gasteiger partial charge in [-0.05, 0) is 37.3 Å². The molecule has 0 unspecified atom stereocenters. The summed E-state index contributed by atoms with van der Waals surface area (Å²) in [6.07, 6.45) is 1.12. The number of nitrogens with zero attached hydrogens (tertiary/aromatic N) is 2. The van der Waals surface area contributed by atoms with Gasteiger partial charge < -0.3 is 14.4 Å². The number of esters is 1. The molecule has 2 atom stereocenters. The highest BCUT2D eigenvalue weighted by Crippen LogP contribution is 2.22. The summed E-state index contributed by atoms with van der Waals surface area (Å²) in [7, 11) is 0. The number of ether oxygens (including phenoxy) is 2. The molecule has 0 N–H and O–H groups in total. The molecule has 2 heterocycles. The van der Waals surface area contributed by atoms with Crippen LogP contribution in [0.1, 0.15) is 41.3 Å². The maximum atomic E-state index is 12.5. The summed E-state index contributed by atoms with van der Waals surface area (Å²) in [5, 5.41) is 2.89. The molecule has 2 aromatic rings. The van der Waals surface area contributed by atoms with E-state index >= 15 is 0 Å². The SMILES string of the molecule is Cc1nc(COc2ccccc2C(=O)OCC(=O)N2C[C@H](C)C[C@H](C)C2)cs1. The fraction of sp³-hybridized carbons (Fsp3) is 0.476. The number of hydrogen-bond donors (Lipinski definition) is 0. The first-order valence-corrected chi connectivity index (χ1v) is 10.4. The van der Waals surface area contributed by atoms with Crippen molar-refractivity contribution in [3.05, 3.63) is 45.9 Å². The van der Waals surface area contributed by atoms with Crippen molar-refractivity contribution in [1.29, 1.82) is 0 Å². The van der Waals surface area contributed by atoms with Crippen LogP contribution in [0, 0.1) is 18.8 Å². The molecule has 1 fully saturated rings. The molecule has 150 valence electrons. The Morgan fingerprint density at radius 3 is 2.61 bits per heavy atom. The van der Waals surface area contributed by atoms with Crippen LogP contribution in [0.25, 0.3) is 0 Å². The highest BCUT2D eigenvalue weighted by molar-refractivity contribution is 7.09. The smallest absolute Gasteiger partial charge is 0.342 e. The molecule has 0 aliphatic carbocycles. The van der Waals surface area contributed by atoms with E-state index in [0.29, 0.717) is 36.2 Å². The molecule has 0 radical (unpaired) electrons. The maximum Gasteiger partial charge on any atom is 0.342 e. The summed E-state index contributed by atoms with van der Waals surface area (Å²) in [6.45, 7) is 7.66. The van der Waals surface area contributed by atoms with Crippen LogP contribution >= 0.6 is 11.3 Å². The normalized spacial score (nSPS) is 19.3. The van der Waals surface area contributed by atoms with E-state index in [1.165, 1.54) is 0 Å². The van der Waals surface area contributed by atoms with Crippen LogP contribution < -0.4 is 4.74 Å². The number of benzene rings is 1. The van der Waals surface area contributed by atoms with Crippen molar-refractivity contribution in [1.82, 2.24) is 9.88 Å². The molecule has 0 bridgehead atoms. The second kappa shape index (κ2) is 9.19. The van der Waals surface area contributed by atoms with E-state index < -0.39 is 5.97 Å². The van der Waals surface area contributed by atoms with Crippen molar-refractivity contribution in [3.63, 3.8) is 0 Å². The molecule has 3 rings (SSSR count). The molecule has 1 aliphatic rings. The number of thiazole rings is 1. The van der Waals surface area contributed by atoms with Crippen molar-refractivity contribution in [2.45, 2.75) is 33.8 Å². The lowest BCUT2D eigenvalue weighted by molar-refractivity contribution is -0.137. The third-order valence-electron chi connectivity index (χ3n) is 4.70. The monoisotopic (exact) mass is 402 g/mol. The maximum absolute atomic E-state index is 12.5. The molecule has 6 nitrogen and oxygen atoms in total. The lowest BCUT2D eigenvalue weighted by atomic mass is 9.92. The molecule has 1 saturated heterocycles. The van der Waals surface area contributed by atoms with Gasteiger partial charge in [-0.3, -0.25) is 4.79 Å². The molecule has 1 aliphatic heterocycles. The minimum Gasteiger partial charge on any atom is -0.486 e. The third kappa shape index (κ3) is 5.32. The van der Waals surface area contributed by atoms with Crippen LogP contribution in [0.5, 0.6) is 5.75 Å². The van der Waals surface area contributed by atoms with E-state index in [9.17, 15) is 9.59 Å². The Morgan fingerprint density at radius 1 is 1.21 bits per heavy atom. The zero-order valence-electron chi connectivity index (χ0n) is 16.5. The highest BCUT2D eigenvalue weighted by Gasteiger charge is 2.26. The second-order valence-corrected chi connectivity index (χ2v) is 8.53. The fourth-order valence-electron chi connectivity index (χ4n) is 3.55. The summed E-state index contributed by atoms with van der Waals surface area (Å²) < 4.78 is 11.0. The number of likely N-dealkylation sites (tertiary alicyclic amines) is 1. The van der Waals surface area contributed by atoms with Crippen LogP contribution in [0.4, 0.5) is 0 Å². The van der Waals surface area contributed by atoms with Gasteiger partial charge in [0, 0.05) is 18.5 Å². The van der Waals surface area contributed by atoms with E-state index in [4.69, 9.17) is 9.47 Å². The van der Waals surface area contributed by atoms with Crippen molar-refractivity contribution >= 4 is 23.2 Å². The van der Waals surface area contributed by atoms with E-state index in [1.807, 2.05) is 12.3 Å². The van der Waals surface area contributed by atoms with Gasteiger partial charge in [-0.15, -0.1) is 11.3 Å². The average Bonchev–Trinajstić information content (AvgIpc) is 3.09. The van der Waals surface area contributed by atoms with E-state index in [2.05, 4.69) is 18.8 Å². The van der Waals surface area contributed by atoms with Gasteiger partial charge in [0.25, 0.3) is 5.91 Å². The van der Waals surface area contributed by atoms with Crippen LogP contribution in [0.2, 0.25) is 0 Å². The van der Waals surface area contributed by atoms with E-state index in [-0.39, 0.29) is 19.1 Å². The Balaban J connectivity index is 1.57. The van der Waals surface area contributed by atoms with Crippen LogP contribution in [-0.4, -0.2) is 41.5 Å². The predicted octanol–water partition coefficient (Wildman–Crippen LogP) is 3.69. The molecule has 1 aromatic carbocycles. The molecule has 0 saturated carbocycles. The summed E-state index contributed by atoms with van der Waals surface area (Å²) >= 11 is 1.55. The fourth-order valence-corrected chi connectivity index (χ4v) is 4.15. The zero-order chi connectivity index (χ0) is 20.1. The van der Waals surface area contributed by atoms with E-state index in [1.54, 1.807) is 40.5 Å². The van der Waals surface area contributed by atoms with Crippen LogP contribution in [-0.2, 0) is 16.1 Å². The van der Waals surface area contributed by atoms with Gasteiger partial charge in [-0.2, -0.15) is 0 Å². The summed E-state index contributed by atoms with van der Waals surface area (Å²) in [5.41, 5.74) is 1.12.